The second kappa shape index (κ2) is 7.40. The van der Waals surface area contributed by atoms with Crippen molar-refractivity contribution in [2.45, 2.75) is 12.8 Å². The van der Waals surface area contributed by atoms with Gasteiger partial charge in [-0.25, -0.2) is 4.98 Å². The molecule has 2 aromatic carbocycles. The summed E-state index contributed by atoms with van der Waals surface area (Å²) < 4.78 is 10.5. The van der Waals surface area contributed by atoms with Gasteiger partial charge in [-0.1, -0.05) is 6.92 Å². The molecule has 5 nitrogen and oxygen atoms in total. The summed E-state index contributed by atoms with van der Waals surface area (Å²) in [6.07, 6.45) is 0. The number of nitrogens with zero attached hydrogens (tertiary/aromatic N) is 1. The molecule has 3 rings (SSSR count). The first-order valence-corrected chi connectivity index (χ1v) is 8.16. The van der Waals surface area contributed by atoms with Gasteiger partial charge in [-0.05, 0) is 48.5 Å². The fourth-order valence-corrected chi connectivity index (χ4v) is 2.64. The van der Waals surface area contributed by atoms with E-state index in [4.69, 9.17) is 14.5 Å². The third-order valence-electron chi connectivity index (χ3n) is 4.20. The van der Waals surface area contributed by atoms with Gasteiger partial charge < -0.3 is 19.6 Å². The Hall–Kier alpha value is -2.79. The number of imidazole rings is 1. The topological polar surface area (TPSA) is 67.4 Å². The maximum atomic E-state index is 9.47. The second-order valence-corrected chi connectivity index (χ2v) is 5.89. The predicted octanol–water partition coefficient (Wildman–Crippen LogP) is 3.86. The zero-order chi connectivity index (χ0) is 17.8. The van der Waals surface area contributed by atoms with Crippen molar-refractivity contribution in [1.82, 2.24) is 9.97 Å². The zero-order valence-corrected chi connectivity index (χ0v) is 14.6. The number of nitrogens with one attached hydrogen (secondary N) is 1. The fourth-order valence-electron chi connectivity index (χ4n) is 2.64. The highest BCUT2D eigenvalue weighted by atomic mass is 16.5. The Morgan fingerprint density at radius 3 is 1.92 bits per heavy atom. The van der Waals surface area contributed by atoms with Crippen LogP contribution in [0.3, 0.4) is 0 Å². The van der Waals surface area contributed by atoms with Crippen molar-refractivity contribution < 1.29 is 14.6 Å². The van der Waals surface area contributed by atoms with Crippen molar-refractivity contribution >= 4 is 0 Å². The summed E-state index contributed by atoms with van der Waals surface area (Å²) in [6, 6.07) is 15.6. The molecule has 0 aliphatic carbocycles. The number of methoxy groups -OCH3 is 2. The highest BCUT2D eigenvalue weighted by Gasteiger charge is 2.17. The van der Waals surface area contributed by atoms with Crippen LogP contribution in [0.5, 0.6) is 11.5 Å². The highest BCUT2D eigenvalue weighted by Crippen LogP contribution is 2.33. The molecule has 1 unspecified atom stereocenters. The van der Waals surface area contributed by atoms with Gasteiger partial charge in [-0.2, -0.15) is 0 Å². The van der Waals surface area contributed by atoms with E-state index in [9.17, 15) is 5.11 Å². The van der Waals surface area contributed by atoms with Crippen LogP contribution in [0.4, 0.5) is 0 Å². The van der Waals surface area contributed by atoms with E-state index in [1.165, 1.54) is 0 Å². The average molecular weight is 338 g/mol. The van der Waals surface area contributed by atoms with Crippen molar-refractivity contribution in [2.75, 3.05) is 20.8 Å². The molecule has 1 atom stereocenters. The summed E-state index contributed by atoms with van der Waals surface area (Å²) in [6.45, 7) is 1.98. The lowest BCUT2D eigenvalue weighted by Crippen LogP contribution is -2.00. The van der Waals surface area contributed by atoms with E-state index < -0.39 is 0 Å². The fraction of sp³-hybridized carbons (Fsp3) is 0.250. The maximum absolute atomic E-state index is 9.47. The van der Waals surface area contributed by atoms with Crippen molar-refractivity contribution in [2.24, 2.45) is 0 Å². The van der Waals surface area contributed by atoms with Gasteiger partial charge in [-0.15, -0.1) is 0 Å². The Bertz CT molecular complexity index is 758. The minimum absolute atomic E-state index is 0.0393. The molecule has 1 heterocycles. The molecule has 0 bridgehead atoms. The summed E-state index contributed by atoms with van der Waals surface area (Å²) in [5.41, 5.74) is 3.76. The number of aliphatic hydroxyl groups excluding tert-OH is 1. The number of aliphatic hydroxyl groups is 1. The van der Waals surface area contributed by atoms with Gasteiger partial charge in [0.05, 0.1) is 32.2 Å². The number of hydrogen-bond acceptors (Lipinski definition) is 4. The van der Waals surface area contributed by atoms with Crippen LogP contribution in [-0.4, -0.2) is 35.9 Å². The second-order valence-electron chi connectivity index (χ2n) is 5.89. The number of rotatable bonds is 6. The Morgan fingerprint density at radius 1 is 0.920 bits per heavy atom. The van der Waals surface area contributed by atoms with Crippen LogP contribution >= 0.6 is 0 Å². The SMILES string of the molecule is COc1ccc(-c2nc(C(C)CO)[nH]c2-c2ccc(OC)cc2)cc1. The molecule has 25 heavy (non-hydrogen) atoms. The van der Waals surface area contributed by atoms with Gasteiger partial charge >= 0.3 is 0 Å². The van der Waals surface area contributed by atoms with E-state index in [0.717, 1.165) is 39.8 Å². The van der Waals surface area contributed by atoms with Gasteiger partial charge in [0, 0.05) is 17.0 Å². The lowest BCUT2D eigenvalue weighted by atomic mass is 10.0. The lowest BCUT2D eigenvalue weighted by molar-refractivity contribution is 0.269. The Balaban J connectivity index is 2.09. The number of benzene rings is 2. The standard InChI is InChI=1S/C20H22N2O3/c1-13(12-23)20-21-18(14-4-8-16(24-2)9-5-14)19(22-20)15-6-10-17(25-3)11-7-15/h4-11,13,23H,12H2,1-3H3,(H,21,22). The minimum Gasteiger partial charge on any atom is -0.497 e. The van der Waals surface area contributed by atoms with Gasteiger partial charge in [-0.3, -0.25) is 0 Å². The molecule has 0 amide bonds. The molecule has 0 spiro atoms. The number of hydrogen-bond donors (Lipinski definition) is 2. The smallest absolute Gasteiger partial charge is 0.118 e. The van der Waals surface area contributed by atoms with Crippen molar-refractivity contribution in [3.8, 4) is 34.0 Å². The van der Waals surface area contributed by atoms with Gasteiger partial charge in [0.15, 0.2) is 0 Å². The highest BCUT2D eigenvalue weighted by molar-refractivity contribution is 5.79. The molecule has 0 saturated carbocycles. The first-order chi connectivity index (χ1) is 12.2. The quantitative estimate of drug-likeness (QED) is 0.716. The van der Waals surface area contributed by atoms with E-state index in [1.807, 2.05) is 55.5 Å². The molecule has 1 aromatic heterocycles. The molecule has 0 saturated heterocycles. The van der Waals surface area contributed by atoms with Crippen LogP contribution in [-0.2, 0) is 0 Å². The lowest BCUT2D eigenvalue weighted by Gasteiger charge is -2.06. The molecular formula is C20H22N2O3. The third-order valence-corrected chi connectivity index (χ3v) is 4.20. The van der Waals surface area contributed by atoms with E-state index >= 15 is 0 Å². The van der Waals surface area contributed by atoms with Crippen LogP contribution in [0.15, 0.2) is 48.5 Å². The minimum atomic E-state index is -0.0657. The monoisotopic (exact) mass is 338 g/mol. The van der Waals surface area contributed by atoms with Crippen LogP contribution in [0, 0.1) is 0 Å². The molecule has 0 aliphatic rings. The summed E-state index contributed by atoms with van der Waals surface area (Å²) in [7, 11) is 3.29. The summed E-state index contributed by atoms with van der Waals surface area (Å²) in [4.78, 5) is 8.11. The van der Waals surface area contributed by atoms with E-state index in [-0.39, 0.29) is 12.5 Å². The normalized spacial score (nSPS) is 12.0. The third kappa shape index (κ3) is 3.51. The molecule has 0 fully saturated rings. The molecule has 2 N–H and O–H groups in total. The van der Waals surface area contributed by atoms with Crippen molar-refractivity contribution in [1.29, 1.82) is 0 Å². The molecule has 3 aromatic rings. The van der Waals surface area contributed by atoms with Gasteiger partial charge in [0.2, 0.25) is 0 Å². The number of aromatic nitrogens is 2. The Morgan fingerprint density at radius 2 is 1.44 bits per heavy atom. The van der Waals surface area contributed by atoms with Crippen LogP contribution < -0.4 is 9.47 Å². The molecular weight excluding hydrogens is 316 g/mol. The number of H-pyrrole nitrogens is 1. The number of aromatic amines is 1. The van der Waals surface area contributed by atoms with Crippen molar-refractivity contribution in [3.05, 3.63) is 54.4 Å². The first-order valence-electron chi connectivity index (χ1n) is 8.16. The first kappa shape index (κ1) is 17.0. The van der Waals surface area contributed by atoms with Gasteiger partial charge in [0.25, 0.3) is 0 Å². The Kier molecular flexibility index (Phi) is 5.05. The van der Waals surface area contributed by atoms with Crippen molar-refractivity contribution in [3.63, 3.8) is 0 Å². The summed E-state index contributed by atoms with van der Waals surface area (Å²) >= 11 is 0. The molecule has 130 valence electrons. The molecule has 5 heteroatoms. The average Bonchev–Trinajstić information content (AvgIpc) is 3.13. The maximum Gasteiger partial charge on any atom is 0.118 e. The van der Waals surface area contributed by atoms with Crippen LogP contribution in [0.25, 0.3) is 22.5 Å². The van der Waals surface area contributed by atoms with Gasteiger partial charge in [0.1, 0.15) is 17.3 Å². The number of ether oxygens (including phenoxy) is 2. The largest absolute Gasteiger partial charge is 0.497 e. The van der Waals surface area contributed by atoms with E-state index in [2.05, 4.69) is 4.98 Å². The molecule has 0 radical (unpaired) electrons. The van der Waals surface area contributed by atoms with Crippen LogP contribution in [0.1, 0.15) is 18.7 Å². The molecule has 0 aliphatic heterocycles. The van der Waals surface area contributed by atoms with E-state index in [0.29, 0.717) is 0 Å². The summed E-state index contributed by atoms with van der Waals surface area (Å²) in [5.74, 6) is 2.30. The predicted molar refractivity (Wildman–Crippen MR) is 98.1 cm³/mol. The zero-order valence-electron chi connectivity index (χ0n) is 14.6. The Labute approximate surface area is 147 Å². The summed E-state index contributed by atoms with van der Waals surface area (Å²) in [5, 5.41) is 9.47. The van der Waals surface area contributed by atoms with E-state index in [1.54, 1.807) is 14.2 Å². The van der Waals surface area contributed by atoms with Crippen LogP contribution in [0.2, 0.25) is 0 Å².